The van der Waals surface area contributed by atoms with E-state index in [1.807, 2.05) is 0 Å². The van der Waals surface area contributed by atoms with Gasteiger partial charge in [-0.1, -0.05) is 271 Å². The standard InChI is InChI=1S/C96H60B2N4/c1-95(2,3)57-44-53-33-39-69-81-72(41-35-54(45-57)79(53)81)92-87-84(69)71-27-15-24-65-63-37-31-50(43-78(63)102(90(65)71)98(87)85-59-19-8-7-18-52(59)48-74-62-22-10-12-29-76(62)99(92)94(74)85)49-96(4,5)58-46-55-34-40-68-82-73(42-36-56(47-58)80(55)82)93-86-83(68)70-26-14-23-64-61-21-11-13-30-77(61)101(89(64)70)97(86)75-28-16-25-66-67-38-32-51-17-6-9-20-60(51)88(67)100(93)91(66)75/h6-48H,49H2,1-5H3. The molecule has 0 amide bonds. The van der Waals surface area contributed by atoms with Gasteiger partial charge in [0.1, 0.15) is 0 Å². The van der Waals surface area contributed by atoms with E-state index in [0.29, 0.717) is 0 Å². The normalized spacial score (nSPS) is 13.9. The average Bonchev–Trinajstić information content (AvgIpc) is 1.35. The highest BCUT2D eigenvalue weighted by atomic mass is 15.0. The van der Waals surface area contributed by atoms with Crippen LogP contribution < -0.4 is 21.9 Å². The molecule has 18 aromatic carbocycles. The molecule has 102 heavy (non-hydrogen) atoms. The van der Waals surface area contributed by atoms with Crippen LogP contribution in [0.2, 0.25) is 0 Å². The first-order valence-electron chi connectivity index (χ1n) is 36.6. The molecule has 0 atom stereocenters. The van der Waals surface area contributed by atoms with Crippen molar-refractivity contribution in [2.24, 2.45) is 0 Å². The third-order valence-electron chi connectivity index (χ3n) is 25.7. The van der Waals surface area contributed by atoms with Gasteiger partial charge in [-0.25, -0.2) is 0 Å². The van der Waals surface area contributed by atoms with Gasteiger partial charge in [0.05, 0.1) is 33.4 Å². The summed E-state index contributed by atoms with van der Waals surface area (Å²) in [7, 11) is 0. The summed E-state index contributed by atoms with van der Waals surface area (Å²) in [6.07, 6.45) is 0.858. The van der Waals surface area contributed by atoms with Crippen molar-refractivity contribution in [1.29, 1.82) is 0 Å². The molecule has 0 radical (unpaired) electrons. The van der Waals surface area contributed by atoms with E-state index in [-0.39, 0.29) is 24.5 Å². The number of para-hydroxylation sites is 5. The molecule has 4 aliphatic heterocycles. The summed E-state index contributed by atoms with van der Waals surface area (Å²) in [5, 5.41) is 31.6. The lowest BCUT2D eigenvalue weighted by molar-refractivity contribution is 0.524. The van der Waals surface area contributed by atoms with E-state index in [4.69, 9.17) is 0 Å². The number of fused-ring (bicyclic) bond motifs is 28. The van der Waals surface area contributed by atoms with E-state index in [1.54, 1.807) is 0 Å². The Balaban J connectivity index is 0.699. The molecule has 4 aliphatic rings. The number of nitrogens with zero attached hydrogens (tertiary/aromatic N) is 4. The van der Waals surface area contributed by atoms with Crippen LogP contribution in [0.4, 0.5) is 0 Å². The predicted molar refractivity (Wildman–Crippen MR) is 437 cm³/mol. The van der Waals surface area contributed by atoms with E-state index >= 15 is 0 Å². The van der Waals surface area contributed by atoms with E-state index in [1.165, 1.54) is 246 Å². The van der Waals surface area contributed by atoms with Gasteiger partial charge < -0.3 is 18.1 Å². The Morgan fingerprint density at radius 2 is 0.765 bits per heavy atom. The Morgan fingerprint density at radius 3 is 1.43 bits per heavy atom. The summed E-state index contributed by atoms with van der Waals surface area (Å²) in [6.45, 7) is 11.9. The topological polar surface area (TPSA) is 19.7 Å². The molecule has 0 bridgehead atoms. The molecule has 0 unspecified atom stereocenters. The van der Waals surface area contributed by atoms with Crippen molar-refractivity contribution in [3.8, 4) is 33.6 Å². The summed E-state index contributed by atoms with van der Waals surface area (Å²) in [4.78, 5) is 0. The van der Waals surface area contributed by atoms with Crippen LogP contribution in [-0.2, 0) is 17.3 Å². The Hall–Kier alpha value is -12.1. The second-order valence-electron chi connectivity index (χ2n) is 32.2. The molecule has 0 saturated carbocycles. The fraction of sp³-hybridized carbons (Fsp3) is 0.0833. The summed E-state index contributed by atoms with van der Waals surface area (Å²) < 4.78 is 11.0. The summed E-state index contributed by atoms with van der Waals surface area (Å²) in [5.41, 5.74) is 27.8. The van der Waals surface area contributed by atoms with Gasteiger partial charge in [-0.15, -0.1) is 0 Å². The van der Waals surface area contributed by atoms with Crippen molar-refractivity contribution >= 4 is 209 Å². The van der Waals surface area contributed by atoms with E-state index in [9.17, 15) is 0 Å². The van der Waals surface area contributed by atoms with Gasteiger partial charge in [0.15, 0.2) is 0 Å². The van der Waals surface area contributed by atoms with Crippen LogP contribution in [0.15, 0.2) is 261 Å². The zero-order valence-electron chi connectivity index (χ0n) is 57.0. The quantitative estimate of drug-likeness (QED) is 0.124. The van der Waals surface area contributed by atoms with Crippen LogP contribution in [0, 0.1) is 0 Å². The van der Waals surface area contributed by atoms with Crippen LogP contribution in [0.1, 0.15) is 51.3 Å². The Bertz CT molecular complexity index is 7770. The van der Waals surface area contributed by atoms with Crippen LogP contribution in [0.3, 0.4) is 0 Å². The molecule has 6 heteroatoms. The first-order valence-corrected chi connectivity index (χ1v) is 36.6. The monoisotopic (exact) mass is 1290 g/mol. The molecule has 4 aromatic heterocycles. The minimum Gasteiger partial charge on any atom is -0.375 e. The molecule has 470 valence electrons. The lowest BCUT2D eigenvalue weighted by Crippen LogP contribution is -2.55. The molecule has 8 heterocycles. The maximum absolute atomic E-state index is 2.82. The number of benzene rings is 18. The Labute approximate surface area is 586 Å². The van der Waals surface area contributed by atoms with Gasteiger partial charge in [0.25, 0.3) is 0 Å². The molecule has 0 spiro atoms. The van der Waals surface area contributed by atoms with Gasteiger partial charge >= 0.3 is 13.7 Å². The smallest absolute Gasteiger partial charge is 0.333 e. The minimum absolute atomic E-state index is 0.0115. The summed E-state index contributed by atoms with van der Waals surface area (Å²) >= 11 is 0. The molecule has 4 nitrogen and oxygen atoms in total. The third-order valence-corrected chi connectivity index (χ3v) is 25.7. The first kappa shape index (κ1) is 53.8. The number of rotatable bonds is 3. The lowest BCUT2D eigenvalue weighted by Gasteiger charge is -2.36. The largest absolute Gasteiger partial charge is 0.375 e. The van der Waals surface area contributed by atoms with Crippen molar-refractivity contribution in [3.63, 3.8) is 0 Å². The van der Waals surface area contributed by atoms with Crippen LogP contribution in [0.5, 0.6) is 0 Å². The van der Waals surface area contributed by atoms with Gasteiger partial charge in [-0.2, -0.15) is 0 Å². The van der Waals surface area contributed by atoms with Gasteiger partial charge in [-0.3, -0.25) is 0 Å². The summed E-state index contributed by atoms with van der Waals surface area (Å²) in [5.74, 6) is 0. The zero-order chi connectivity index (χ0) is 66.6. The zero-order valence-corrected chi connectivity index (χ0v) is 57.0. The molecular weight excluding hydrogens is 1230 g/mol. The van der Waals surface area contributed by atoms with Crippen molar-refractivity contribution < 1.29 is 0 Å². The van der Waals surface area contributed by atoms with Crippen molar-refractivity contribution in [1.82, 2.24) is 18.1 Å². The van der Waals surface area contributed by atoms with Gasteiger partial charge in [0.2, 0.25) is 0 Å². The number of aromatic nitrogens is 4. The molecule has 0 saturated heterocycles. The number of hydrogen-bond acceptors (Lipinski definition) is 0. The van der Waals surface area contributed by atoms with Gasteiger partial charge in [-0.05, 0) is 150 Å². The lowest BCUT2D eigenvalue weighted by atomic mass is 9.44. The van der Waals surface area contributed by atoms with E-state index in [0.717, 1.165) is 6.42 Å². The van der Waals surface area contributed by atoms with Crippen LogP contribution >= 0.6 is 0 Å². The second-order valence-corrected chi connectivity index (χ2v) is 32.2. The average molecular weight is 1290 g/mol. The minimum atomic E-state index is -0.254. The van der Waals surface area contributed by atoms with Gasteiger partial charge in [0, 0.05) is 103 Å². The second kappa shape index (κ2) is 17.7. The Morgan fingerprint density at radius 1 is 0.284 bits per heavy atom. The highest BCUT2D eigenvalue weighted by molar-refractivity contribution is 6.93. The first-order chi connectivity index (χ1) is 50.0. The number of hydrogen-bond donors (Lipinski definition) is 0. The van der Waals surface area contributed by atoms with Crippen molar-refractivity contribution in [3.05, 3.63) is 278 Å². The predicted octanol–water partition coefficient (Wildman–Crippen LogP) is 21.9. The molecule has 22 aromatic rings. The fourth-order valence-electron chi connectivity index (χ4n) is 21.7. The maximum Gasteiger partial charge on any atom is 0.333 e. The molecule has 26 rings (SSSR count). The van der Waals surface area contributed by atoms with Crippen molar-refractivity contribution in [2.75, 3.05) is 0 Å². The fourth-order valence-corrected chi connectivity index (χ4v) is 21.7. The molecule has 0 fully saturated rings. The highest BCUT2D eigenvalue weighted by Crippen LogP contribution is 2.54. The molecule has 0 N–H and O–H groups in total. The SMILES string of the molecule is CC(C)(C)c1cc2ccc3c4c5c(c6ccc(c1)c2c36)-n1c2ccccc2c2cc3ccccc3c(c21)B5n1c2cc(CC(C)(C)c3cc5ccc6c7c8c(c9ccc(c3)c5c69)-n3c5c(cccc5c5ccc6ccccc6c53)B8n3c5ccccc5c5cccc-7c53)ccc2c2cccc-4c21. The maximum atomic E-state index is 2.82. The summed E-state index contributed by atoms with van der Waals surface area (Å²) in [6, 6.07) is 103. The van der Waals surface area contributed by atoms with Crippen molar-refractivity contribution in [2.45, 2.75) is 51.9 Å². The van der Waals surface area contributed by atoms with E-state index in [2.05, 4.69) is 314 Å². The molecule has 0 aliphatic carbocycles. The van der Waals surface area contributed by atoms with E-state index < -0.39 is 0 Å². The Kier molecular flexibility index (Phi) is 9.34. The van der Waals surface area contributed by atoms with Crippen LogP contribution in [-0.4, -0.2) is 31.8 Å². The third kappa shape index (κ3) is 6.13. The highest BCUT2D eigenvalue weighted by Gasteiger charge is 2.47. The van der Waals surface area contributed by atoms with Crippen LogP contribution in [0.25, 0.3) is 207 Å². The molecular formula is C96H60B2N4.